The molecule has 2 aromatic rings. The van der Waals surface area contributed by atoms with Gasteiger partial charge in [-0.25, -0.2) is 0 Å². The van der Waals surface area contributed by atoms with Crippen LogP contribution in [0.5, 0.6) is 0 Å². The number of thiophene rings is 1. The zero-order valence-electron chi connectivity index (χ0n) is 10.0. The molecule has 3 nitrogen and oxygen atoms in total. The van der Waals surface area contributed by atoms with Gasteiger partial charge in [-0.1, -0.05) is 13.0 Å². The summed E-state index contributed by atoms with van der Waals surface area (Å²) in [4.78, 5) is 17.7. The Hall–Kier alpha value is -1.33. The van der Waals surface area contributed by atoms with Crippen molar-refractivity contribution in [3.05, 3.63) is 45.9 Å². The second-order valence-corrected chi connectivity index (χ2v) is 5.24. The van der Waals surface area contributed by atoms with Gasteiger partial charge in [0.25, 0.3) is 5.91 Å². The van der Waals surface area contributed by atoms with E-state index in [-0.39, 0.29) is 5.91 Å². The first-order valence-electron chi connectivity index (χ1n) is 5.69. The first-order chi connectivity index (χ1) is 8.70. The fourth-order valence-electron chi connectivity index (χ4n) is 1.65. The Morgan fingerprint density at radius 3 is 3.06 bits per heavy atom. The van der Waals surface area contributed by atoms with Gasteiger partial charge in [0.05, 0.1) is 17.1 Å². The fourth-order valence-corrected chi connectivity index (χ4v) is 2.71. The highest BCUT2D eigenvalue weighted by molar-refractivity contribution is 7.80. The summed E-state index contributed by atoms with van der Waals surface area (Å²) in [5.74, 6) is -0.0759. The summed E-state index contributed by atoms with van der Waals surface area (Å²) in [5, 5.41) is 4.72. The van der Waals surface area contributed by atoms with Gasteiger partial charge in [-0.15, -0.1) is 24.0 Å². The fraction of sp³-hybridized carbons (Fsp3) is 0.231. The van der Waals surface area contributed by atoms with Gasteiger partial charge < -0.3 is 5.32 Å². The molecule has 0 bridgehead atoms. The number of carbonyl (C=O) groups excluding carboxylic acids is 1. The second-order valence-electron chi connectivity index (χ2n) is 3.81. The zero-order valence-corrected chi connectivity index (χ0v) is 11.7. The van der Waals surface area contributed by atoms with E-state index in [1.165, 1.54) is 16.9 Å². The van der Waals surface area contributed by atoms with Crippen LogP contribution in [0, 0.1) is 0 Å². The van der Waals surface area contributed by atoms with Crippen molar-refractivity contribution < 1.29 is 4.79 Å². The van der Waals surface area contributed by atoms with Crippen LogP contribution in [-0.2, 0) is 13.0 Å². The number of nitrogens with one attached hydrogen (secondary N) is 1. The topological polar surface area (TPSA) is 42.0 Å². The molecule has 0 aliphatic rings. The van der Waals surface area contributed by atoms with E-state index in [2.05, 4.69) is 29.9 Å². The molecule has 2 heterocycles. The molecule has 0 fully saturated rings. The normalized spacial score (nSPS) is 10.3. The summed E-state index contributed by atoms with van der Waals surface area (Å²) in [6.45, 7) is 2.54. The molecule has 0 radical (unpaired) electrons. The predicted molar refractivity (Wildman–Crippen MR) is 76.4 cm³/mol. The van der Waals surface area contributed by atoms with Crippen LogP contribution >= 0.6 is 24.0 Å². The van der Waals surface area contributed by atoms with Crippen LogP contribution in [0.1, 0.15) is 27.9 Å². The number of nitrogens with zero attached hydrogens (tertiary/aromatic N) is 1. The lowest BCUT2D eigenvalue weighted by molar-refractivity contribution is 0.0954. The standard InChI is InChI=1S/C13H14N2OS2/c1-2-9-4-3-5-14-11(9)7-15-13(16)12-6-10(17)8-18-12/h3-6,8,17H,2,7H2,1H3,(H,15,16). The summed E-state index contributed by atoms with van der Waals surface area (Å²) in [5.41, 5.74) is 2.09. The van der Waals surface area contributed by atoms with E-state index < -0.39 is 0 Å². The zero-order chi connectivity index (χ0) is 13.0. The number of thiol groups is 1. The van der Waals surface area contributed by atoms with Crippen LogP contribution < -0.4 is 5.32 Å². The van der Waals surface area contributed by atoms with Crippen LogP contribution in [-0.4, -0.2) is 10.9 Å². The molecule has 0 aromatic carbocycles. The first kappa shape index (κ1) is 13.1. The molecule has 0 saturated heterocycles. The Kier molecular flexibility index (Phi) is 4.38. The number of rotatable bonds is 4. The minimum atomic E-state index is -0.0759. The maximum atomic E-state index is 11.9. The lowest BCUT2D eigenvalue weighted by atomic mass is 10.1. The summed E-state index contributed by atoms with van der Waals surface area (Å²) in [7, 11) is 0. The molecule has 18 heavy (non-hydrogen) atoms. The first-order valence-corrected chi connectivity index (χ1v) is 7.02. The van der Waals surface area contributed by atoms with E-state index in [1.807, 2.05) is 17.5 Å². The van der Waals surface area contributed by atoms with Crippen molar-refractivity contribution in [2.24, 2.45) is 0 Å². The van der Waals surface area contributed by atoms with Crippen LogP contribution in [0.3, 0.4) is 0 Å². The van der Waals surface area contributed by atoms with Crippen molar-refractivity contribution in [1.82, 2.24) is 10.3 Å². The summed E-state index contributed by atoms with van der Waals surface area (Å²) in [6.07, 6.45) is 2.66. The van der Waals surface area contributed by atoms with Gasteiger partial charge >= 0.3 is 0 Å². The molecule has 0 saturated carbocycles. The third kappa shape index (κ3) is 3.11. The van der Waals surface area contributed by atoms with Crippen LogP contribution in [0.4, 0.5) is 0 Å². The lowest BCUT2D eigenvalue weighted by Gasteiger charge is -2.07. The quantitative estimate of drug-likeness (QED) is 0.844. The molecule has 0 aliphatic heterocycles. The SMILES string of the molecule is CCc1cccnc1CNC(=O)c1cc(S)cs1. The van der Waals surface area contributed by atoms with Gasteiger partial charge in [-0.2, -0.15) is 0 Å². The molecule has 5 heteroatoms. The number of aryl methyl sites for hydroxylation is 1. The van der Waals surface area contributed by atoms with Crippen molar-refractivity contribution in [3.63, 3.8) is 0 Å². The third-order valence-electron chi connectivity index (χ3n) is 2.59. The molecule has 1 amide bonds. The third-order valence-corrected chi connectivity index (χ3v) is 3.95. The molecular formula is C13H14N2OS2. The average molecular weight is 278 g/mol. The van der Waals surface area contributed by atoms with Crippen molar-refractivity contribution in [2.45, 2.75) is 24.8 Å². The Morgan fingerprint density at radius 2 is 2.39 bits per heavy atom. The van der Waals surface area contributed by atoms with Crippen LogP contribution in [0.15, 0.2) is 34.7 Å². The van der Waals surface area contributed by atoms with E-state index in [1.54, 1.807) is 12.3 Å². The van der Waals surface area contributed by atoms with E-state index in [9.17, 15) is 4.79 Å². The van der Waals surface area contributed by atoms with Crippen molar-refractivity contribution in [2.75, 3.05) is 0 Å². The Balaban J connectivity index is 2.01. The molecule has 2 aromatic heterocycles. The monoisotopic (exact) mass is 278 g/mol. The number of carbonyl (C=O) groups is 1. The van der Waals surface area contributed by atoms with Gasteiger partial charge in [-0.3, -0.25) is 9.78 Å². The van der Waals surface area contributed by atoms with Gasteiger partial charge in [0, 0.05) is 16.5 Å². The van der Waals surface area contributed by atoms with Gasteiger partial charge in [0.15, 0.2) is 0 Å². The molecule has 0 aliphatic carbocycles. The van der Waals surface area contributed by atoms with Gasteiger partial charge in [-0.05, 0) is 24.1 Å². The highest BCUT2D eigenvalue weighted by Gasteiger charge is 2.09. The Morgan fingerprint density at radius 1 is 1.56 bits per heavy atom. The molecule has 0 unspecified atom stereocenters. The number of hydrogen-bond acceptors (Lipinski definition) is 4. The average Bonchev–Trinajstić information content (AvgIpc) is 2.83. The number of amides is 1. The molecule has 94 valence electrons. The van der Waals surface area contributed by atoms with Crippen molar-refractivity contribution in [1.29, 1.82) is 0 Å². The summed E-state index contributed by atoms with van der Waals surface area (Å²) in [6, 6.07) is 5.71. The molecule has 0 spiro atoms. The lowest BCUT2D eigenvalue weighted by Crippen LogP contribution is -2.23. The smallest absolute Gasteiger partial charge is 0.261 e. The van der Waals surface area contributed by atoms with E-state index >= 15 is 0 Å². The highest BCUT2D eigenvalue weighted by Crippen LogP contribution is 2.17. The maximum Gasteiger partial charge on any atom is 0.261 e. The molecule has 1 N–H and O–H groups in total. The number of hydrogen-bond donors (Lipinski definition) is 2. The van der Waals surface area contributed by atoms with Crippen molar-refractivity contribution >= 4 is 29.9 Å². The molecule has 2 rings (SSSR count). The number of aromatic nitrogens is 1. The Bertz CT molecular complexity index is 551. The molecule has 0 atom stereocenters. The minimum Gasteiger partial charge on any atom is -0.346 e. The largest absolute Gasteiger partial charge is 0.346 e. The van der Waals surface area contributed by atoms with Crippen LogP contribution in [0.25, 0.3) is 0 Å². The maximum absolute atomic E-state index is 11.9. The Labute approximate surface area is 116 Å². The summed E-state index contributed by atoms with van der Waals surface area (Å²) >= 11 is 5.58. The van der Waals surface area contributed by atoms with Crippen molar-refractivity contribution in [3.8, 4) is 0 Å². The van der Waals surface area contributed by atoms with Gasteiger partial charge in [0.1, 0.15) is 0 Å². The van der Waals surface area contributed by atoms with Crippen LogP contribution in [0.2, 0.25) is 0 Å². The molecular weight excluding hydrogens is 264 g/mol. The predicted octanol–water partition coefficient (Wildman–Crippen LogP) is 2.92. The van der Waals surface area contributed by atoms with E-state index in [0.717, 1.165) is 17.0 Å². The summed E-state index contributed by atoms with van der Waals surface area (Å²) < 4.78 is 0. The second kappa shape index (κ2) is 6.02. The van der Waals surface area contributed by atoms with E-state index in [0.29, 0.717) is 11.4 Å². The highest BCUT2D eigenvalue weighted by atomic mass is 32.1. The van der Waals surface area contributed by atoms with E-state index in [4.69, 9.17) is 0 Å². The minimum absolute atomic E-state index is 0.0759. The van der Waals surface area contributed by atoms with Gasteiger partial charge in [0.2, 0.25) is 0 Å². The number of pyridine rings is 1.